The Morgan fingerprint density at radius 1 is 1.03 bits per heavy atom. The van der Waals surface area contributed by atoms with E-state index in [0.717, 1.165) is 5.52 Å². The molecule has 1 atom stereocenters. The van der Waals surface area contributed by atoms with Gasteiger partial charge in [0, 0.05) is 18.2 Å². The number of carbonyl (C=O) groups excluding carboxylic acids is 2. The van der Waals surface area contributed by atoms with Gasteiger partial charge in [0.15, 0.2) is 0 Å². The van der Waals surface area contributed by atoms with Gasteiger partial charge in [-0.3, -0.25) is 19.1 Å². The van der Waals surface area contributed by atoms with Crippen LogP contribution in [0.15, 0.2) is 54.7 Å². The molecular weight excluding hydrogens is 443 g/mol. The molecule has 0 spiro atoms. The highest BCUT2D eigenvalue weighted by atomic mass is 31.2. The Balaban J connectivity index is 1.68. The molecule has 0 saturated heterocycles. The Morgan fingerprint density at radius 3 is 2.27 bits per heavy atom. The summed E-state index contributed by atoms with van der Waals surface area (Å²) < 4.78 is 23.3. The van der Waals surface area contributed by atoms with Gasteiger partial charge in [-0.25, -0.2) is 4.98 Å². The van der Waals surface area contributed by atoms with Crippen LogP contribution in [0.5, 0.6) is 0 Å². The van der Waals surface area contributed by atoms with E-state index >= 15 is 0 Å². The minimum Gasteiger partial charge on any atom is -0.368 e. The lowest BCUT2D eigenvalue weighted by Gasteiger charge is -2.17. The molecule has 0 aliphatic heterocycles. The van der Waals surface area contributed by atoms with Crippen molar-refractivity contribution in [1.29, 1.82) is 0 Å². The van der Waals surface area contributed by atoms with Crippen LogP contribution < -0.4 is 11.1 Å². The van der Waals surface area contributed by atoms with Gasteiger partial charge >= 0.3 is 7.60 Å². The third-order valence-corrected chi connectivity index (χ3v) is 6.86. The summed E-state index contributed by atoms with van der Waals surface area (Å²) in [5.74, 6) is -1.14. The van der Waals surface area contributed by atoms with Crippen LogP contribution >= 0.6 is 7.60 Å². The van der Waals surface area contributed by atoms with Crippen LogP contribution in [0, 0.1) is 0 Å². The highest BCUT2D eigenvalue weighted by molar-refractivity contribution is 7.53. The van der Waals surface area contributed by atoms with E-state index in [1.54, 1.807) is 44.3 Å². The zero-order valence-electron chi connectivity index (χ0n) is 18.6. The first-order chi connectivity index (χ1) is 15.8. The Bertz CT molecular complexity index is 1160. The first kappa shape index (κ1) is 24.5. The van der Waals surface area contributed by atoms with Crippen molar-refractivity contribution in [2.75, 3.05) is 13.2 Å². The molecule has 0 fully saturated rings. The second kappa shape index (κ2) is 11.1. The van der Waals surface area contributed by atoms with E-state index in [4.69, 9.17) is 14.8 Å². The lowest BCUT2D eigenvalue weighted by atomic mass is 10.1. The number of amides is 2. The van der Waals surface area contributed by atoms with Crippen molar-refractivity contribution in [2.45, 2.75) is 32.5 Å². The van der Waals surface area contributed by atoms with Gasteiger partial charge in [0.05, 0.1) is 36.1 Å². The van der Waals surface area contributed by atoms with Gasteiger partial charge < -0.3 is 20.1 Å². The van der Waals surface area contributed by atoms with Crippen molar-refractivity contribution in [3.05, 3.63) is 71.5 Å². The second-order valence-electron chi connectivity index (χ2n) is 7.28. The van der Waals surface area contributed by atoms with Gasteiger partial charge in [-0.2, -0.15) is 0 Å². The maximum absolute atomic E-state index is 12.7. The summed E-state index contributed by atoms with van der Waals surface area (Å²) in [6, 6.07) is 12.9. The van der Waals surface area contributed by atoms with Gasteiger partial charge in [-0.15, -0.1) is 0 Å². The highest BCUT2D eigenvalue weighted by Crippen LogP contribution is 2.51. The summed E-state index contributed by atoms with van der Waals surface area (Å²) >= 11 is 0. The molecule has 0 radical (unpaired) electrons. The average molecular weight is 470 g/mol. The number of benzene rings is 2. The summed E-state index contributed by atoms with van der Waals surface area (Å²) in [5.41, 5.74) is 8.51. The molecule has 33 heavy (non-hydrogen) atoms. The second-order valence-corrected chi connectivity index (χ2v) is 9.34. The SMILES string of the molecule is CCOP(=O)(Cc1ccc(C(=O)N[C@@H](Cc2cnc3ccccc3n2)C(N)=O)cc1)OCC. The van der Waals surface area contributed by atoms with Crippen molar-refractivity contribution < 1.29 is 23.2 Å². The molecule has 2 aromatic carbocycles. The summed E-state index contributed by atoms with van der Waals surface area (Å²) in [5, 5.41) is 2.65. The van der Waals surface area contributed by atoms with Crippen LogP contribution in [0.2, 0.25) is 0 Å². The minimum atomic E-state index is -3.25. The number of aromatic nitrogens is 2. The predicted octanol–water partition coefficient (Wildman–Crippen LogP) is 3.22. The number of fused-ring (bicyclic) bond motifs is 1. The van der Waals surface area contributed by atoms with Crippen LogP contribution in [-0.4, -0.2) is 41.0 Å². The maximum atomic E-state index is 12.7. The van der Waals surface area contributed by atoms with Gasteiger partial charge in [0.1, 0.15) is 6.04 Å². The minimum absolute atomic E-state index is 0.0983. The predicted molar refractivity (Wildman–Crippen MR) is 125 cm³/mol. The molecular formula is C23H27N4O5P. The van der Waals surface area contributed by atoms with Crippen molar-refractivity contribution in [1.82, 2.24) is 15.3 Å². The number of nitrogens with zero attached hydrogens (tertiary/aromatic N) is 2. The third kappa shape index (κ3) is 6.68. The molecule has 3 aromatic rings. The number of rotatable bonds is 11. The molecule has 10 heteroatoms. The number of hydrogen-bond donors (Lipinski definition) is 2. The quantitative estimate of drug-likeness (QED) is 0.411. The lowest BCUT2D eigenvalue weighted by Crippen LogP contribution is -2.46. The van der Waals surface area contributed by atoms with E-state index in [0.29, 0.717) is 22.3 Å². The Kier molecular flexibility index (Phi) is 8.27. The van der Waals surface area contributed by atoms with Gasteiger partial charge in [0.25, 0.3) is 5.91 Å². The summed E-state index contributed by atoms with van der Waals surface area (Å²) in [6.45, 7) is 4.04. The first-order valence-corrected chi connectivity index (χ1v) is 12.3. The molecule has 0 bridgehead atoms. The smallest absolute Gasteiger partial charge is 0.335 e. The van der Waals surface area contributed by atoms with E-state index in [9.17, 15) is 14.2 Å². The fourth-order valence-electron chi connectivity index (χ4n) is 3.27. The Morgan fingerprint density at radius 2 is 1.67 bits per heavy atom. The number of nitrogens with two attached hydrogens (primary N) is 1. The molecule has 174 valence electrons. The Labute approximate surface area is 192 Å². The van der Waals surface area contributed by atoms with Gasteiger partial charge in [-0.1, -0.05) is 24.3 Å². The summed E-state index contributed by atoms with van der Waals surface area (Å²) in [6.07, 6.45) is 1.78. The topological polar surface area (TPSA) is 134 Å². The van der Waals surface area contributed by atoms with Gasteiger partial charge in [-0.05, 0) is 43.7 Å². The molecule has 1 aromatic heterocycles. The molecule has 0 saturated carbocycles. The molecule has 0 unspecified atom stereocenters. The van der Waals surface area contributed by atoms with Crippen LogP contribution in [0.25, 0.3) is 11.0 Å². The number of nitrogens with one attached hydrogen (secondary N) is 1. The molecule has 1 heterocycles. The number of hydrogen-bond acceptors (Lipinski definition) is 7. The third-order valence-electron chi connectivity index (χ3n) is 4.80. The van der Waals surface area contributed by atoms with E-state index in [-0.39, 0.29) is 25.8 Å². The van der Waals surface area contributed by atoms with Crippen molar-refractivity contribution >= 4 is 30.4 Å². The zero-order chi connectivity index (χ0) is 23.8. The average Bonchev–Trinajstić information content (AvgIpc) is 2.79. The van der Waals surface area contributed by atoms with E-state index in [1.807, 2.05) is 24.3 Å². The van der Waals surface area contributed by atoms with Crippen LogP contribution in [-0.2, 0) is 31.0 Å². The van der Waals surface area contributed by atoms with E-state index < -0.39 is 25.5 Å². The van der Waals surface area contributed by atoms with Crippen LogP contribution in [0.3, 0.4) is 0 Å². The van der Waals surface area contributed by atoms with Crippen LogP contribution in [0.1, 0.15) is 35.5 Å². The highest BCUT2D eigenvalue weighted by Gasteiger charge is 2.25. The molecule has 0 aliphatic rings. The fraction of sp³-hybridized carbons (Fsp3) is 0.304. The van der Waals surface area contributed by atoms with Crippen molar-refractivity contribution in [3.8, 4) is 0 Å². The summed E-state index contributed by atoms with van der Waals surface area (Å²) in [7, 11) is -3.25. The molecule has 9 nitrogen and oxygen atoms in total. The maximum Gasteiger partial charge on any atom is 0.335 e. The monoisotopic (exact) mass is 470 g/mol. The molecule has 0 aliphatic carbocycles. The van der Waals surface area contributed by atoms with Gasteiger partial charge in [0.2, 0.25) is 5.91 Å². The van der Waals surface area contributed by atoms with E-state index in [2.05, 4.69) is 15.3 Å². The molecule has 3 rings (SSSR count). The standard InChI is InChI=1S/C23H27N4O5P/c1-3-31-33(30,32-4-2)15-16-9-11-17(12-10-16)23(29)27-21(22(24)28)13-18-14-25-19-7-5-6-8-20(19)26-18/h5-12,14,21H,3-4,13,15H2,1-2H3,(H2,24,28)(H,27,29)/t21-/m0/s1. The van der Waals surface area contributed by atoms with Crippen LogP contribution in [0.4, 0.5) is 0 Å². The lowest BCUT2D eigenvalue weighted by molar-refractivity contribution is -0.119. The molecule has 3 N–H and O–H groups in total. The zero-order valence-corrected chi connectivity index (χ0v) is 19.5. The van der Waals surface area contributed by atoms with E-state index in [1.165, 1.54) is 0 Å². The van der Waals surface area contributed by atoms with Crippen molar-refractivity contribution in [3.63, 3.8) is 0 Å². The number of primary amides is 1. The summed E-state index contributed by atoms with van der Waals surface area (Å²) in [4.78, 5) is 33.5. The number of carbonyl (C=O) groups is 2. The number of para-hydroxylation sites is 2. The largest absolute Gasteiger partial charge is 0.368 e. The normalized spacial score (nSPS) is 12.4. The Hall–Kier alpha value is -3.13. The van der Waals surface area contributed by atoms with Crippen molar-refractivity contribution in [2.24, 2.45) is 5.73 Å². The molecule has 2 amide bonds. The first-order valence-electron chi connectivity index (χ1n) is 10.6. The fourth-order valence-corrected chi connectivity index (χ4v) is 4.98.